The standard InChI is InChI=1S/C43H58N4O12.C17H20N2S/c1-21-12-11-13-22(2)42(55)45-33-28(20-44-47-17-15-46(9)16-18-47)37(52)30-31(38(33)53)36(51)26(6)40-32(30)41(54)43(8,59-40)57-19-14-29(56-10)23(3)39(58-27(7)48)25(5)35(50)24(4)34(21)49;1-13(18(2)3)12-19-14-8-4-6-10-16(14)20-17-11-7-5-9-15(17)19/h11-14,19-21,23-25,29,34-35,39,49-53H,15-18H2,1-10H3,(H,45,55);4-11,13H,12H2,1-3H3/b12-11+,19-14+,22-13-,44-20-;/t21-,23+,24+,25+,29-,34-,35+,39+,43-;/m0./s1. The van der Waals surface area contributed by atoms with Crippen molar-refractivity contribution in [1.29, 1.82) is 0 Å². The maximum Gasteiger partial charge on any atom is 0.312 e. The number of phenolic OH excluding ortho intramolecular Hbond substituents is 3. The molecule has 5 aliphatic rings. The third-order valence-corrected chi connectivity index (χ3v) is 16.9. The molecule has 4 aromatic rings. The number of fused-ring (bicyclic) bond motifs is 16. The minimum Gasteiger partial charge on any atom is -0.507 e. The number of Topliss-reactive ketones (excluding diaryl/α,β-unsaturated/α-hetero) is 1. The zero-order chi connectivity index (χ0) is 57.8. The number of anilines is 3. The van der Waals surface area contributed by atoms with Gasteiger partial charge in [0.2, 0.25) is 0 Å². The molecule has 5 aliphatic heterocycles. The summed E-state index contributed by atoms with van der Waals surface area (Å²) < 4.78 is 23.6. The van der Waals surface area contributed by atoms with E-state index in [1.807, 2.05) is 18.8 Å². The van der Waals surface area contributed by atoms with Gasteiger partial charge in [-0.2, -0.15) is 5.10 Å². The zero-order valence-corrected chi connectivity index (χ0v) is 48.4. The molecule has 79 heavy (non-hydrogen) atoms. The number of benzene rings is 4. The Hall–Kier alpha value is -6.61. The quantitative estimate of drug-likeness (QED) is 0.0441. The van der Waals surface area contributed by atoms with E-state index in [9.17, 15) is 39.9 Å². The molecule has 5 bridgehead atoms. The van der Waals surface area contributed by atoms with Gasteiger partial charge in [0, 0.05) is 110 Å². The maximum absolute atomic E-state index is 14.4. The zero-order valence-electron chi connectivity index (χ0n) is 47.6. The highest BCUT2D eigenvalue weighted by molar-refractivity contribution is 7.99. The number of esters is 1. The fourth-order valence-electron chi connectivity index (χ4n) is 10.3. The molecule has 10 atom stereocenters. The molecule has 5 heterocycles. The van der Waals surface area contributed by atoms with Crippen LogP contribution in [-0.4, -0.2) is 161 Å². The number of ketones is 1. The Balaban J connectivity index is 0.000000374. The van der Waals surface area contributed by atoms with Gasteiger partial charge in [0.25, 0.3) is 11.7 Å². The number of likely N-dealkylation sites (N-methyl/N-ethyl adjacent to an activating group) is 2. The number of hydrogen-bond acceptors (Lipinski definition) is 18. The van der Waals surface area contributed by atoms with E-state index in [2.05, 4.69) is 94.7 Å². The molecule has 18 nitrogen and oxygen atoms in total. The highest BCUT2D eigenvalue weighted by Crippen LogP contribution is 2.55. The van der Waals surface area contributed by atoms with Crippen LogP contribution in [0, 0.1) is 30.6 Å². The van der Waals surface area contributed by atoms with Gasteiger partial charge in [-0.05, 0) is 72.3 Å². The number of hydrazone groups is 1. The predicted octanol–water partition coefficient (Wildman–Crippen LogP) is 8.57. The molecule has 426 valence electrons. The summed E-state index contributed by atoms with van der Waals surface area (Å²) in [5, 5.41) is 66.8. The van der Waals surface area contributed by atoms with Gasteiger partial charge in [-0.15, -0.1) is 0 Å². The van der Waals surface area contributed by atoms with E-state index in [1.165, 1.54) is 80.6 Å². The van der Waals surface area contributed by atoms with Crippen LogP contribution in [0.3, 0.4) is 0 Å². The second-order valence-electron chi connectivity index (χ2n) is 21.6. The average Bonchev–Trinajstić information content (AvgIpc) is 3.98. The number of para-hydroxylation sites is 2. The molecule has 9 rings (SSSR count). The van der Waals surface area contributed by atoms with Crippen molar-refractivity contribution >= 4 is 63.5 Å². The molecular formula is C60H78N6O12S. The third-order valence-electron chi connectivity index (χ3n) is 15.7. The maximum atomic E-state index is 14.4. The van der Waals surface area contributed by atoms with Gasteiger partial charge >= 0.3 is 11.8 Å². The normalized spacial score (nSPS) is 27.7. The molecule has 4 aromatic carbocycles. The van der Waals surface area contributed by atoms with Crippen molar-refractivity contribution in [2.45, 2.75) is 108 Å². The Morgan fingerprint density at radius 2 is 1.52 bits per heavy atom. The second-order valence-corrected chi connectivity index (χ2v) is 22.7. The van der Waals surface area contributed by atoms with Crippen molar-refractivity contribution in [2.75, 3.05) is 71.2 Å². The van der Waals surface area contributed by atoms with Crippen LogP contribution in [0.2, 0.25) is 0 Å². The first kappa shape index (κ1) is 60.0. The van der Waals surface area contributed by atoms with E-state index in [0.717, 1.165) is 19.6 Å². The number of piperazine rings is 1. The van der Waals surface area contributed by atoms with E-state index < -0.39 is 88.8 Å². The van der Waals surface area contributed by atoms with Crippen molar-refractivity contribution in [3.63, 3.8) is 0 Å². The van der Waals surface area contributed by atoms with Crippen LogP contribution in [0.25, 0.3) is 10.8 Å². The lowest BCUT2D eigenvalue weighted by molar-refractivity contribution is -0.160. The number of amides is 1. The Morgan fingerprint density at radius 3 is 2.11 bits per heavy atom. The van der Waals surface area contributed by atoms with Crippen LogP contribution in [0.4, 0.5) is 17.1 Å². The smallest absolute Gasteiger partial charge is 0.312 e. The predicted molar refractivity (Wildman–Crippen MR) is 308 cm³/mol. The number of ether oxygens (including phenoxy) is 4. The topological polar surface area (TPSA) is 227 Å². The molecule has 1 unspecified atom stereocenters. The summed E-state index contributed by atoms with van der Waals surface area (Å²) in [6, 6.07) is 17.9. The van der Waals surface area contributed by atoms with Gasteiger partial charge in [0.05, 0.1) is 64.4 Å². The second kappa shape index (κ2) is 25.2. The lowest BCUT2D eigenvalue weighted by atomic mass is 9.78. The highest BCUT2D eigenvalue weighted by atomic mass is 32.2. The monoisotopic (exact) mass is 1110 g/mol. The lowest BCUT2D eigenvalue weighted by Gasteiger charge is -2.38. The van der Waals surface area contributed by atoms with E-state index in [1.54, 1.807) is 44.9 Å². The van der Waals surface area contributed by atoms with Crippen LogP contribution in [0.5, 0.6) is 23.0 Å². The largest absolute Gasteiger partial charge is 0.507 e. The molecule has 0 aromatic heterocycles. The summed E-state index contributed by atoms with van der Waals surface area (Å²) >= 11 is 1.87. The van der Waals surface area contributed by atoms with E-state index in [-0.39, 0.29) is 44.5 Å². The number of allylic oxidation sites excluding steroid dienone is 2. The van der Waals surface area contributed by atoms with E-state index in [4.69, 9.17) is 18.9 Å². The van der Waals surface area contributed by atoms with Crippen molar-refractivity contribution in [1.82, 2.24) is 14.8 Å². The first-order chi connectivity index (χ1) is 37.4. The molecule has 0 spiro atoms. The summed E-state index contributed by atoms with van der Waals surface area (Å²) in [7, 11) is 7.70. The first-order valence-corrected chi connectivity index (χ1v) is 27.6. The molecule has 1 amide bonds. The summed E-state index contributed by atoms with van der Waals surface area (Å²) in [4.78, 5) is 50.0. The van der Waals surface area contributed by atoms with Crippen LogP contribution < -0.4 is 15.0 Å². The van der Waals surface area contributed by atoms with Crippen LogP contribution in [0.1, 0.15) is 76.9 Å². The molecule has 1 saturated heterocycles. The lowest BCUT2D eigenvalue weighted by Crippen LogP contribution is -2.46. The molecule has 0 saturated carbocycles. The number of nitrogens with zero attached hydrogens (tertiary/aromatic N) is 5. The summed E-state index contributed by atoms with van der Waals surface area (Å²) in [5.41, 5.74) is 2.30. The number of carbonyl (C=O) groups excluding carboxylic acids is 3. The van der Waals surface area contributed by atoms with Crippen LogP contribution in [-0.2, 0) is 23.8 Å². The summed E-state index contributed by atoms with van der Waals surface area (Å²) in [5.74, 6) is -8.34. The highest BCUT2D eigenvalue weighted by Gasteiger charge is 2.50. The van der Waals surface area contributed by atoms with Gasteiger partial charge < -0.3 is 64.5 Å². The molecule has 1 fully saturated rings. The average molecular weight is 1110 g/mol. The van der Waals surface area contributed by atoms with Crippen LogP contribution in [0.15, 0.2) is 99.6 Å². The van der Waals surface area contributed by atoms with Crippen LogP contribution >= 0.6 is 11.8 Å². The van der Waals surface area contributed by atoms with E-state index in [0.29, 0.717) is 19.1 Å². The van der Waals surface area contributed by atoms with E-state index >= 15 is 0 Å². The summed E-state index contributed by atoms with van der Waals surface area (Å²) in [6.07, 6.45) is 4.86. The van der Waals surface area contributed by atoms with Crippen molar-refractivity contribution < 1.29 is 58.9 Å². The number of rotatable bonds is 7. The molecule has 0 aliphatic carbocycles. The number of methoxy groups -OCH3 is 1. The fraction of sp³-hybridized carbons (Fsp3) is 0.467. The minimum atomic E-state index is -2.04. The van der Waals surface area contributed by atoms with Gasteiger partial charge in [-0.25, -0.2) is 0 Å². The molecular weight excluding hydrogens is 1030 g/mol. The molecule has 6 N–H and O–H groups in total. The number of hydrogen-bond donors (Lipinski definition) is 6. The first-order valence-electron chi connectivity index (χ1n) is 26.8. The van der Waals surface area contributed by atoms with Crippen molar-refractivity contribution in [2.24, 2.45) is 28.8 Å². The SMILES string of the molecule is CC(CN1c2ccccc2Sc2ccccc21)N(C)C.CO[C@H]1/C=C/O[C@@]2(C)Oc3c(C)c(O)c4c(O)c(c(/C=N\N5CCN(C)CC5)c(O)c4c3C2=O)NC(=O)/C(C)=C\C=C\[C@H](C)[C@H](O)[C@@H](C)[C@@H](O)[C@@H](C)[C@H](OC(C)=O)[C@@H]1C. The number of carbonyl (C=O) groups is 3. The summed E-state index contributed by atoms with van der Waals surface area (Å²) in [6.45, 7) is 18.4. The molecule has 19 heteroatoms. The van der Waals surface area contributed by atoms with Crippen molar-refractivity contribution in [3.05, 3.63) is 101 Å². The Morgan fingerprint density at radius 1 is 0.899 bits per heavy atom. The van der Waals surface area contributed by atoms with Crippen molar-refractivity contribution in [3.8, 4) is 23.0 Å². The minimum absolute atomic E-state index is 0.0559. The Bertz CT molecular complexity index is 2980. The van der Waals surface area contributed by atoms with Gasteiger partial charge in [-0.1, -0.05) is 82.0 Å². The van der Waals surface area contributed by atoms with Gasteiger partial charge in [0.15, 0.2) is 5.75 Å². The molecule has 0 radical (unpaired) electrons. The Kier molecular flexibility index (Phi) is 19.2. The number of nitrogens with one attached hydrogen (secondary N) is 1. The van der Waals surface area contributed by atoms with Gasteiger partial charge in [-0.3, -0.25) is 19.4 Å². The third kappa shape index (κ3) is 12.7. The number of aliphatic hydroxyl groups is 2. The van der Waals surface area contributed by atoms with Gasteiger partial charge in [0.1, 0.15) is 23.4 Å². The number of phenols is 3. The Labute approximate surface area is 467 Å². The fourth-order valence-corrected chi connectivity index (χ4v) is 11.4. The number of aromatic hydroxyl groups is 3. The number of aliphatic hydroxyl groups excluding tert-OH is 2.